The van der Waals surface area contributed by atoms with Crippen LogP contribution >= 0.6 is 12.2 Å². The fourth-order valence-electron chi connectivity index (χ4n) is 2.01. The number of hydrogen-bond donors (Lipinski definition) is 2. The van der Waals surface area contributed by atoms with Gasteiger partial charge in [0.25, 0.3) is 0 Å². The highest BCUT2D eigenvalue weighted by molar-refractivity contribution is 7.80. The number of nitrogens with one attached hydrogen (secondary N) is 1. The van der Waals surface area contributed by atoms with E-state index in [0.717, 1.165) is 25.1 Å². The van der Waals surface area contributed by atoms with Crippen molar-refractivity contribution in [2.75, 3.05) is 0 Å². The molecule has 0 radical (unpaired) electrons. The number of rotatable bonds is 4. The van der Waals surface area contributed by atoms with Crippen molar-refractivity contribution in [1.82, 2.24) is 14.9 Å². The molecule has 5 nitrogen and oxygen atoms in total. The Morgan fingerprint density at radius 3 is 2.82 bits per heavy atom. The van der Waals surface area contributed by atoms with Crippen LogP contribution in [-0.4, -0.2) is 20.4 Å². The summed E-state index contributed by atoms with van der Waals surface area (Å²) in [5.74, 6) is 0.745. The molecule has 1 fully saturated rings. The Morgan fingerprint density at radius 2 is 2.41 bits per heavy atom. The number of nitrogens with zero attached hydrogens (tertiary/aromatic N) is 2. The molecule has 0 aliphatic heterocycles. The van der Waals surface area contributed by atoms with Gasteiger partial charge in [-0.3, -0.25) is 4.79 Å². The third kappa shape index (κ3) is 2.04. The zero-order valence-corrected chi connectivity index (χ0v) is 10.6. The topological polar surface area (TPSA) is 72.9 Å². The van der Waals surface area contributed by atoms with E-state index in [-0.39, 0.29) is 5.91 Å². The van der Waals surface area contributed by atoms with Crippen molar-refractivity contribution in [2.45, 2.75) is 25.8 Å². The number of aromatic nitrogens is 2. The largest absolute Gasteiger partial charge is 0.392 e. The minimum Gasteiger partial charge on any atom is -0.392 e. The molecular weight excluding hydrogens is 236 g/mol. The molecule has 0 saturated heterocycles. The quantitative estimate of drug-likeness (QED) is 0.765. The molecule has 3 N–H and O–H groups in total. The summed E-state index contributed by atoms with van der Waals surface area (Å²) in [5.41, 5.74) is 5.05. The SMILES string of the molecule is Cn1ccnc1CNC(=O)C1(C(N)=S)CCC1. The van der Waals surface area contributed by atoms with E-state index >= 15 is 0 Å². The van der Waals surface area contributed by atoms with E-state index in [2.05, 4.69) is 10.3 Å². The van der Waals surface area contributed by atoms with Crippen LogP contribution in [0.25, 0.3) is 0 Å². The van der Waals surface area contributed by atoms with Gasteiger partial charge in [0.05, 0.1) is 16.9 Å². The van der Waals surface area contributed by atoms with Gasteiger partial charge in [-0.1, -0.05) is 18.6 Å². The lowest BCUT2D eigenvalue weighted by Gasteiger charge is -2.39. The predicted octanol–water partition coefficient (Wildman–Crippen LogP) is 0.493. The van der Waals surface area contributed by atoms with E-state index in [1.165, 1.54) is 0 Å². The van der Waals surface area contributed by atoms with Gasteiger partial charge in [0.15, 0.2) is 0 Å². The second-order valence-corrected chi connectivity index (χ2v) is 4.88. The summed E-state index contributed by atoms with van der Waals surface area (Å²) in [6, 6.07) is 0. The average Bonchev–Trinajstić information content (AvgIpc) is 2.58. The normalized spacial score (nSPS) is 17.2. The van der Waals surface area contributed by atoms with Crippen molar-refractivity contribution in [1.29, 1.82) is 0 Å². The maximum absolute atomic E-state index is 12.1. The molecule has 0 spiro atoms. The molecular formula is C11H16N4OS. The maximum Gasteiger partial charge on any atom is 0.233 e. The summed E-state index contributed by atoms with van der Waals surface area (Å²) in [6.45, 7) is 0.409. The summed E-state index contributed by atoms with van der Waals surface area (Å²) in [5, 5.41) is 2.86. The first-order chi connectivity index (χ1) is 8.06. The van der Waals surface area contributed by atoms with E-state index in [1.807, 2.05) is 17.8 Å². The number of thiocarbonyl (C=S) groups is 1. The van der Waals surface area contributed by atoms with Crippen molar-refractivity contribution in [2.24, 2.45) is 18.2 Å². The Hall–Kier alpha value is -1.43. The highest BCUT2D eigenvalue weighted by atomic mass is 32.1. The first kappa shape index (κ1) is 12.0. The molecule has 1 aliphatic rings. The third-order valence-corrected chi connectivity index (χ3v) is 3.83. The fourth-order valence-corrected chi connectivity index (χ4v) is 2.31. The monoisotopic (exact) mass is 252 g/mol. The van der Waals surface area contributed by atoms with Crippen LogP contribution in [0.5, 0.6) is 0 Å². The molecule has 1 aromatic heterocycles. The molecule has 1 aromatic rings. The number of hydrogen-bond acceptors (Lipinski definition) is 3. The molecule has 1 saturated carbocycles. The summed E-state index contributed by atoms with van der Waals surface area (Å²) in [7, 11) is 1.89. The third-order valence-electron chi connectivity index (χ3n) is 3.44. The lowest BCUT2D eigenvalue weighted by molar-refractivity contribution is -0.131. The van der Waals surface area contributed by atoms with Gasteiger partial charge in [0.1, 0.15) is 5.82 Å². The number of carbonyl (C=O) groups excluding carboxylic acids is 1. The minimum atomic E-state index is -0.611. The number of aryl methyl sites for hydroxylation is 1. The fraction of sp³-hybridized carbons (Fsp3) is 0.545. The summed E-state index contributed by atoms with van der Waals surface area (Å²) < 4.78 is 1.87. The van der Waals surface area contributed by atoms with Gasteiger partial charge < -0.3 is 15.6 Å². The molecule has 6 heteroatoms. The summed E-state index contributed by atoms with van der Waals surface area (Å²) in [6.07, 6.45) is 6.07. The minimum absolute atomic E-state index is 0.0701. The smallest absolute Gasteiger partial charge is 0.233 e. The molecule has 1 amide bonds. The Kier molecular flexibility index (Phi) is 3.15. The molecule has 1 aliphatic carbocycles. The highest BCUT2D eigenvalue weighted by Crippen LogP contribution is 2.41. The van der Waals surface area contributed by atoms with E-state index in [4.69, 9.17) is 18.0 Å². The van der Waals surface area contributed by atoms with Gasteiger partial charge in [0, 0.05) is 19.4 Å². The molecule has 0 bridgehead atoms. The molecule has 0 atom stereocenters. The Bertz CT molecular complexity index is 450. The van der Waals surface area contributed by atoms with E-state index < -0.39 is 5.41 Å². The Morgan fingerprint density at radius 1 is 1.71 bits per heavy atom. The Labute approximate surface area is 105 Å². The number of amides is 1. The first-order valence-electron chi connectivity index (χ1n) is 5.61. The number of carbonyl (C=O) groups is 1. The highest BCUT2D eigenvalue weighted by Gasteiger charge is 2.46. The van der Waals surface area contributed by atoms with Crippen LogP contribution in [-0.2, 0) is 18.4 Å². The molecule has 92 valence electrons. The number of imidazole rings is 1. The molecule has 17 heavy (non-hydrogen) atoms. The van der Waals surface area contributed by atoms with Crippen LogP contribution < -0.4 is 11.1 Å². The zero-order chi connectivity index (χ0) is 12.5. The van der Waals surface area contributed by atoms with Crippen molar-refractivity contribution < 1.29 is 4.79 Å². The average molecular weight is 252 g/mol. The van der Waals surface area contributed by atoms with Crippen LogP contribution in [0.2, 0.25) is 0 Å². The van der Waals surface area contributed by atoms with Crippen molar-refractivity contribution in [3.8, 4) is 0 Å². The van der Waals surface area contributed by atoms with Crippen LogP contribution in [0.4, 0.5) is 0 Å². The van der Waals surface area contributed by atoms with E-state index in [9.17, 15) is 4.79 Å². The lowest BCUT2D eigenvalue weighted by Crippen LogP contribution is -2.53. The van der Waals surface area contributed by atoms with Gasteiger partial charge in [0.2, 0.25) is 5.91 Å². The van der Waals surface area contributed by atoms with Crippen molar-refractivity contribution >= 4 is 23.1 Å². The van der Waals surface area contributed by atoms with Crippen LogP contribution in [0.1, 0.15) is 25.1 Å². The van der Waals surface area contributed by atoms with Gasteiger partial charge in [-0.05, 0) is 12.8 Å². The molecule has 2 rings (SSSR count). The molecule has 1 heterocycles. The van der Waals surface area contributed by atoms with Crippen LogP contribution in [0.15, 0.2) is 12.4 Å². The summed E-state index contributed by atoms with van der Waals surface area (Å²) in [4.78, 5) is 16.5. The second-order valence-electron chi connectivity index (χ2n) is 4.44. The van der Waals surface area contributed by atoms with Gasteiger partial charge in [-0.2, -0.15) is 0 Å². The Balaban J connectivity index is 1.98. The van der Waals surface area contributed by atoms with Gasteiger partial charge in [-0.15, -0.1) is 0 Å². The van der Waals surface area contributed by atoms with Gasteiger partial charge >= 0.3 is 0 Å². The zero-order valence-electron chi connectivity index (χ0n) is 9.77. The first-order valence-corrected chi connectivity index (χ1v) is 6.01. The van der Waals surface area contributed by atoms with E-state index in [0.29, 0.717) is 11.5 Å². The molecule has 0 aromatic carbocycles. The van der Waals surface area contributed by atoms with Crippen LogP contribution in [0, 0.1) is 5.41 Å². The van der Waals surface area contributed by atoms with E-state index in [1.54, 1.807) is 6.20 Å². The maximum atomic E-state index is 12.1. The van der Waals surface area contributed by atoms with Crippen LogP contribution in [0.3, 0.4) is 0 Å². The second kappa shape index (κ2) is 4.44. The van der Waals surface area contributed by atoms with Crippen molar-refractivity contribution in [3.05, 3.63) is 18.2 Å². The van der Waals surface area contributed by atoms with Crippen molar-refractivity contribution in [3.63, 3.8) is 0 Å². The summed E-state index contributed by atoms with van der Waals surface area (Å²) >= 11 is 4.99. The number of nitrogens with two attached hydrogens (primary N) is 1. The van der Waals surface area contributed by atoms with Gasteiger partial charge in [-0.25, -0.2) is 4.98 Å². The lowest BCUT2D eigenvalue weighted by atomic mass is 9.68. The standard InChI is InChI=1S/C11H16N4OS/c1-15-6-5-13-8(15)7-14-10(16)11(9(12)17)3-2-4-11/h5-6H,2-4,7H2,1H3,(H2,12,17)(H,14,16). The molecule has 0 unspecified atom stereocenters. The predicted molar refractivity (Wildman–Crippen MR) is 68.1 cm³/mol.